The van der Waals surface area contributed by atoms with Crippen molar-refractivity contribution in [3.05, 3.63) is 0 Å². The molecule has 0 saturated carbocycles. The van der Waals surface area contributed by atoms with Gasteiger partial charge in [-0.15, -0.1) is 0 Å². The zero-order valence-electron chi connectivity index (χ0n) is 5.61. The second-order valence-corrected chi connectivity index (χ2v) is 1.47. The van der Waals surface area contributed by atoms with Crippen molar-refractivity contribution in [2.75, 3.05) is 0 Å². The third kappa shape index (κ3) is 687. The summed E-state index contributed by atoms with van der Waals surface area (Å²) in [6.07, 6.45) is 0. The fraction of sp³-hybridized carbons (Fsp3) is 0. The Morgan fingerprint density at radius 3 is 0.833 bits per heavy atom. The normalized spacial score (nSPS) is 4.92. The standard InChI is InChI=1S/6FH.K.H3O4P/c;;;;;;;1-5(2,3)4/h6*1H;;(H3,1,2,3,4)/q;;;;;;+1;/p-1. The minimum Gasteiger partial charge on any atom is -0.756 e. The van der Waals surface area contributed by atoms with Gasteiger partial charge < -0.3 is 14.7 Å². The molecule has 0 aliphatic rings. The van der Waals surface area contributed by atoms with Crippen LogP contribution in [-0.2, 0) is 4.57 Å². The van der Waals surface area contributed by atoms with E-state index in [0.29, 0.717) is 0 Å². The summed E-state index contributed by atoms with van der Waals surface area (Å²) in [5, 5.41) is 0. The van der Waals surface area contributed by atoms with Gasteiger partial charge in [0, 0.05) is 0 Å². The number of phosphoric acid groups is 1. The number of rotatable bonds is 0. The molecule has 0 bridgehead atoms. The van der Waals surface area contributed by atoms with E-state index >= 15 is 0 Å². The van der Waals surface area contributed by atoms with E-state index in [4.69, 9.17) is 19.2 Å². The van der Waals surface area contributed by atoms with Gasteiger partial charge in [-0.1, -0.05) is 0 Å². The van der Waals surface area contributed by atoms with E-state index in [2.05, 4.69) is 0 Å². The largest absolute Gasteiger partial charge is 1.00 e. The molecule has 0 amide bonds. The minimum atomic E-state index is -4.89. The average molecular weight is 256 g/mol. The maximum atomic E-state index is 8.77. The molecule has 12 heteroatoms. The van der Waals surface area contributed by atoms with Gasteiger partial charge in [0.2, 0.25) is 0 Å². The van der Waals surface area contributed by atoms with Gasteiger partial charge in [-0.2, -0.15) is 0 Å². The van der Waals surface area contributed by atoms with Crippen LogP contribution in [-0.4, -0.2) is 9.79 Å². The van der Waals surface area contributed by atoms with Crippen molar-refractivity contribution < 1.29 is 98.9 Å². The van der Waals surface area contributed by atoms with Gasteiger partial charge in [0.05, 0.1) is 0 Å². The quantitative estimate of drug-likeness (QED) is 0.266. The molecule has 12 heavy (non-hydrogen) atoms. The molecular formula is H8F6KO4P. The van der Waals surface area contributed by atoms with Gasteiger partial charge in [-0.25, -0.2) is 0 Å². The van der Waals surface area contributed by atoms with E-state index in [1.807, 2.05) is 0 Å². The van der Waals surface area contributed by atoms with Crippen LogP contribution in [0.3, 0.4) is 0 Å². The van der Waals surface area contributed by atoms with Crippen LogP contribution in [0.15, 0.2) is 0 Å². The second kappa shape index (κ2) is 29.5. The van der Waals surface area contributed by atoms with E-state index < -0.39 is 7.82 Å². The summed E-state index contributed by atoms with van der Waals surface area (Å²) in [6.45, 7) is 0. The van der Waals surface area contributed by atoms with Crippen molar-refractivity contribution in [3.8, 4) is 0 Å². The Hall–Kier alpha value is 1.33. The van der Waals surface area contributed by atoms with Crippen LogP contribution in [0.4, 0.5) is 28.2 Å². The van der Waals surface area contributed by atoms with Crippen LogP contribution >= 0.6 is 7.82 Å². The van der Waals surface area contributed by atoms with Crippen molar-refractivity contribution in [2.24, 2.45) is 0 Å². The summed E-state index contributed by atoms with van der Waals surface area (Å²) in [7, 11) is -4.89. The Labute approximate surface area is 106 Å². The molecule has 80 valence electrons. The Balaban J connectivity index is -0.00000000381. The first-order valence-electron chi connectivity index (χ1n) is 0.765. The van der Waals surface area contributed by atoms with E-state index in [9.17, 15) is 0 Å². The molecule has 0 unspecified atom stereocenters. The molecule has 0 aliphatic carbocycles. The summed E-state index contributed by atoms with van der Waals surface area (Å²) in [5.74, 6) is 0. The van der Waals surface area contributed by atoms with Crippen molar-refractivity contribution in [1.29, 1.82) is 0 Å². The summed E-state index contributed by atoms with van der Waals surface area (Å²) < 4.78 is 8.77. The van der Waals surface area contributed by atoms with Gasteiger partial charge in [0.15, 0.2) is 0 Å². The van der Waals surface area contributed by atoms with Crippen LogP contribution < -0.4 is 56.3 Å². The van der Waals surface area contributed by atoms with Crippen molar-refractivity contribution >= 4 is 7.82 Å². The van der Waals surface area contributed by atoms with Gasteiger partial charge in [0.25, 0.3) is 7.82 Å². The van der Waals surface area contributed by atoms with Crippen LogP contribution in [0.1, 0.15) is 0 Å². The number of halogens is 6. The van der Waals surface area contributed by atoms with Crippen LogP contribution in [0, 0.1) is 0 Å². The molecule has 0 spiro atoms. The predicted octanol–water partition coefficient (Wildman–Crippen LogP) is -3.64. The van der Waals surface area contributed by atoms with Gasteiger partial charge in [-0.05, 0) is 0 Å². The average Bonchev–Trinajstić information content (AvgIpc) is 0.722. The monoisotopic (exact) mass is 256 g/mol. The summed E-state index contributed by atoms with van der Waals surface area (Å²) in [4.78, 5) is 22.9. The maximum absolute atomic E-state index is 8.77. The zero-order valence-corrected chi connectivity index (χ0v) is 9.63. The summed E-state index contributed by atoms with van der Waals surface area (Å²) >= 11 is 0. The molecular weight excluding hydrogens is 248 g/mol. The Morgan fingerprint density at radius 2 is 0.833 bits per heavy atom. The van der Waals surface area contributed by atoms with Crippen LogP contribution in [0.25, 0.3) is 0 Å². The van der Waals surface area contributed by atoms with E-state index in [1.165, 1.54) is 0 Å². The van der Waals surface area contributed by atoms with Crippen molar-refractivity contribution in [2.45, 2.75) is 0 Å². The van der Waals surface area contributed by atoms with Gasteiger partial charge in [0.1, 0.15) is 0 Å². The fourth-order valence-electron chi connectivity index (χ4n) is 0. The number of hydrogen-bond acceptors (Lipinski definition) is 2. The SMILES string of the molecule is F.F.F.F.F.F.O=P([O-])(O)O.[K+]. The molecule has 0 aromatic heterocycles. The molecule has 0 saturated heterocycles. The third-order valence-electron chi connectivity index (χ3n) is 0. The molecule has 0 atom stereocenters. The summed E-state index contributed by atoms with van der Waals surface area (Å²) in [5.41, 5.74) is 0. The number of hydrogen-bond donors (Lipinski definition) is 2. The Morgan fingerprint density at radius 1 is 0.833 bits per heavy atom. The van der Waals surface area contributed by atoms with Crippen LogP contribution in [0.2, 0.25) is 0 Å². The molecule has 2 N–H and O–H groups in total. The van der Waals surface area contributed by atoms with Crippen molar-refractivity contribution in [1.82, 2.24) is 0 Å². The molecule has 0 aromatic carbocycles. The van der Waals surface area contributed by atoms with E-state index in [-0.39, 0.29) is 79.6 Å². The Bertz CT molecular complexity index is 65.7. The summed E-state index contributed by atoms with van der Waals surface area (Å²) in [6, 6.07) is 0. The van der Waals surface area contributed by atoms with Crippen molar-refractivity contribution in [3.63, 3.8) is 0 Å². The minimum absolute atomic E-state index is 0. The first-order chi connectivity index (χ1) is 2.00. The molecule has 0 heterocycles. The molecule has 0 fully saturated rings. The van der Waals surface area contributed by atoms with E-state index in [0.717, 1.165) is 0 Å². The zero-order chi connectivity index (χ0) is 4.50. The third-order valence-corrected chi connectivity index (χ3v) is 0. The molecule has 4 nitrogen and oxygen atoms in total. The molecule has 0 aliphatic heterocycles. The maximum Gasteiger partial charge on any atom is 1.00 e. The molecule has 0 rings (SSSR count). The van der Waals surface area contributed by atoms with E-state index in [1.54, 1.807) is 0 Å². The topological polar surface area (TPSA) is 80.6 Å². The van der Waals surface area contributed by atoms with Gasteiger partial charge in [-0.3, -0.25) is 32.8 Å². The Kier molecular flexibility index (Phi) is 175. The first kappa shape index (κ1) is 71.4. The van der Waals surface area contributed by atoms with Crippen LogP contribution in [0.5, 0.6) is 0 Å². The van der Waals surface area contributed by atoms with Gasteiger partial charge >= 0.3 is 51.4 Å². The fourth-order valence-corrected chi connectivity index (χ4v) is 0. The molecule has 0 radical (unpaired) electrons. The first-order valence-corrected chi connectivity index (χ1v) is 2.30. The molecule has 0 aromatic rings. The smallest absolute Gasteiger partial charge is 0.756 e. The predicted molar refractivity (Wildman–Crippen MR) is 27.1 cm³/mol. The second-order valence-electron chi connectivity index (χ2n) is 0.491.